The molecule has 2 rings (SSSR count). The molecule has 1 aliphatic heterocycles. The lowest BCUT2D eigenvalue weighted by Gasteiger charge is -2.33. The fourth-order valence-corrected chi connectivity index (χ4v) is 2.80. The van der Waals surface area contributed by atoms with Crippen LogP contribution in [0.3, 0.4) is 0 Å². The highest BCUT2D eigenvalue weighted by Crippen LogP contribution is 2.14. The van der Waals surface area contributed by atoms with Crippen molar-refractivity contribution in [1.82, 2.24) is 10.2 Å². The molecule has 0 aromatic carbocycles. The Kier molecular flexibility index (Phi) is 7.58. The second kappa shape index (κ2) is 8.93. The summed E-state index contributed by atoms with van der Waals surface area (Å²) < 4.78 is 5.15. The number of amides is 2. The van der Waals surface area contributed by atoms with E-state index in [4.69, 9.17) is 10.2 Å². The minimum absolute atomic E-state index is 0. The zero-order valence-corrected chi connectivity index (χ0v) is 14.5. The number of nitrogens with zero attached hydrogens (tertiary/aromatic N) is 1. The molecule has 2 amide bonds. The van der Waals surface area contributed by atoms with E-state index in [0.717, 1.165) is 25.7 Å². The second-order valence-corrected chi connectivity index (χ2v) is 5.86. The molecule has 0 radical (unpaired) electrons. The summed E-state index contributed by atoms with van der Waals surface area (Å²) in [5, 5.41) is 3.01. The first kappa shape index (κ1) is 19.5. The van der Waals surface area contributed by atoms with Gasteiger partial charge in [0.2, 0.25) is 5.91 Å². The number of hydrogen-bond donors (Lipinski definition) is 2. The zero-order chi connectivity index (χ0) is 16.1. The summed E-state index contributed by atoms with van der Waals surface area (Å²) in [6.07, 6.45) is 4.65. The molecule has 1 saturated heterocycles. The Balaban J connectivity index is 0.00000264. The van der Waals surface area contributed by atoms with E-state index >= 15 is 0 Å². The average Bonchev–Trinajstić information content (AvgIpc) is 2.94. The maximum atomic E-state index is 12.1. The predicted octanol–water partition coefficient (Wildman–Crippen LogP) is 1.86. The van der Waals surface area contributed by atoms with E-state index in [1.807, 2.05) is 11.8 Å². The Morgan fingerprint density at radius 1 is 1.43 bits per heavy atom. The number of carbonyl (C=O) groups excluding carboxylic acids is 2. The summed E-state index contributed by atoms with van der Waals surface area (Å²) in [6.45, 7) is 5.08. The molecular formula is C16H26ClN3O3. The van der Waals surface area contributed by atoms with Crippen LogP contribution in [0.2, 0.25) is 0 Å². The third-order valence-electron chi connectivity index (χ3n) is 4.16. The first-order valence-electron chi connectivity index (χ1n) is 7.92. The quantitative estimate of drug-likeness (QED) is 0.854. The highest BCUT2D eigenvalue weighted by atomic mass is 35.5. The molecule has 1 aliphatic rings. The molecule has 1 unspecified atom stereocenters. The first-order valence-corrected chi connectivity index (χ1v) is 7.92. The second-order valence-electron chi connectivity index (χ2n) is 5.86. The van der Waals surface area contributed by atoms with Crippen LogP contribution in [-0.2, 0) is 4.79 Å². The topological polar surface area (TPSA) is 88.6 Å². The van der Waals surface area contributed by atoms with E-state index in [1.165, 1.54) is 6.26 Å². The molecule has 6 nitrogen and oxygen atoms in total. The number of aryl methyl sites for hydroxylation is 1. The van der Waals surface area contributed by atoms with Crippen LogP contribution in [-0.4, -0.2) is 41.9 Å². The molecule has 7 heteroatoms. The van der Waals surface area contributed by atoms with Gasteiger partial charge in [0.05, 0.1) is 17.9 Å². The number of nitrogens with two attached hydrogens (primary N) is 1. The lowest BCUT2D eigenvalue weighted by atomic mass is 10.0. The van der Waals surface area contributed by atoms with Crippen LogP contribution in [0, 0.1) is 6.92 Å². The van der Waals surface area contributed by atoms with Gasteiger partial charge in [-0.15, -0.1) is 12.4 Å². The van der Waals surface area contributed by atoms with Gasteiger partial charge in [0, 0.05) is 19.1 Å². The van der Waals surface area contributed by atoms with Crippen molar-refractivity contribution in [2.24, 2.45) is 5.73 Å². The van der Waals surface area contributed by atoms with Gasteiger partial charge in [-0.25, -0.2) is 0 Å². The first-order chi connectivity index (χ1) is 10.5. The van der Waals surface area contributed by atoms with Crippen molar-refractivity contribution < 1.29 is 14.0 Å². The molecule has 2 heterocycles. The summed E-state index contributed by atoms with van der Waals surface area (Å²) in [6, 6.07) is 1.37. The fourth-order valence-electron chi connectivity index (χ4n) is 2.80. The van der Waals surface area contributed by atoms with Gasteiger partial charge < -0.3 is 20.4 Å². The van der Waals surface area contributed by atoms with Crippen LogP contribution in [0.5, 0.6) is 0 Å². The van der Waals surface area contributed by atoms with Crippen molar-refractivity contribution in [2.45, 2.75) is 51.6 Å². The Morgan fingerprint density at radius 3 is 2.61 bits per heavy atom. The average molecular weight is 344 g/mol. The largest absolute Gasteiger partial charge is 0.469 e. The minimum atomic E-state index is -0.398. The molecule has 0 bridgehead atoms. The van der Waals surface area contributed by atoms with Crippen molar-refractivity contribution in [3.63, 3.8) is 0 Å². The number of likely N-dealkylation sites (tertiary alicyclic amines) is 1. The number of halogens is 1. The lowest BCUT2D eigenvalue weighted by Crippen LogP contribution is -2.50. The van der Waals surface area contributed by atoms with Crippen LogP contribution in [0.4, 0.5) is 0 Å². The normalized spacial score (nSPS) is 16.6. The highest BCUT2D eigenvalue weighted by molar-refractivity contribution is 5.95. The molecule has 23 heavy (non-hydrogen) atoms. The third kappa shape index (κ3) is 4.97. The van der Waals surface area contributed by atoms with E-state index in [0.29, 0.717) is 24.4 Å². The molecule has 1 atom stereocenters. The van der Waals surface area contributed by atoms with Gasteiger partial charge in [-0.1, -0.05) is 13.3 Å². The smallest absolute Gasteiger partial charge is 0.255 e. The summed E-state index contributed by atoms with van der Waals surface area (Å²) in [4.78, 5) is 26.1. The Hall–Kier alpha value is -1.53. The molecule has 130 valence electrons. The Labute approximate surface area is 143 Å². The molecule has 3 N–H and O–H groups in total. The molecular weight excluding hydrogens is 318 g/mol. The van der Waals surface area contributed by atoms with E-state index in [2.05, 4.69) is 5.32 Å². The fraction of sp³-hybridized carbons (Fsp3) is 0.625. The van der Waals surface area contributed by atoms with Gasteiger partial charge in [0.15, 0.2) is 0 Å². The molecule has 1 aromatic heterocycles. The number of piperidine rings is 1. The SMILES string of the molecule is CCCC(N)C(=O)N1CCC(NC(=O)c2ccoc2C)CC1.Cl. The van der Waals surface area contributed by atoms with Gasteiger partial charge >= 0.3 is 0 Å². The van der Waals surface area contributed by atoms with Gasteiger partial charge in [-0.05, 0) is 32.3 Å². The predicted molar refractivity (Wildman–Crippen MR) is 90.6 cm³/mol. The number of rotatable bonds is 5. The number of hydrogen-bond acceptors (Lipinski definition) is 4. The number of carbonyl (C=O) groups is 2. The molecule has 1 aromatic rings. The molecule has 0 saturated carbocycles. The van der Waals surface area contributed by atoms with E-state index in [1.54, 1.807) is 13.0 Å². The number of nitrogens with one attached hydrogen (secondary N) is 1. The van der Waals surface area contributed by atoms with Crippen molar-refractivity contribution >= 4 is 24.2 Å². The van der Waals surface area contributed by atoms with Crippen molar-refractivity contribution in [2.75, 3.05) is 13.1 Å². The van der Waals surface area contributed by atoms with Gasteiger partial charge in [-0.3, -0.25) is 9.59 Å². The number of furan rings is 1. The zero-order valence-electron chi connectivity index (χ0n) is 13.7. The molecule has 0 aliphatic carbocycles. The maximum Gasteiger partial charge on any atom is 0.255 e. The minimum Gasteiger partial charge on any atom is -0.469 e. The van der Waals surface area contributed by atoms with Crippen molar-refractivity contribution in [3.8, 4) is 0 Å². The summed E-state index contributed by atoms with van der Waals surface area (Å²) in [5.74, 6) is 0.534. The molecule has 0 spiro atoms. The van der Waals surface area contributed by atoms with Crippen LogP contribution >= 0.6 is 12.4 Å². The summed E-state index contributed by atoms with van der Waals surface area (Å²) >= 11 is 0. The van der Waals surface area contributed by atoms with Gasteiger partial charge in [-0.2, -0.15) is 0 Å². The Bertz CT molecular complexity index is 524. The van der Waals surface area contributed by atoms with Crippen LogP contribution < -0.4 is 11.1 Å². The van der Waals surface area contributed by atoms with E-state index in [-0.39, 0.29) is 30.3 Å². The van der Waals surface area contributed by atoms with E-state index < -0.39 is 6.04 Å². The van der Waals surface area contributed by atoms with Gasteiger partial charge in [0.25, 0.3) is 5.91 Å². The Morgan fingerprint density at radius 2 is 2.09 bits per heavy atom. The van der Waals surface area contributed by atoms with Crippen LogP contribution in [0.1, 0.15) is 48.7 Å². The summed E-state index contributed by atoms with van der Waals surface area (Å²) in [5.41, 5.74) is 6.46. The lowest BCUT2D eigenvalue weighted by molar-refractivity contribution is -0.133. The monoisotopic (exact) mass is 343 g/mol. The van der Waals surface area contributed by atoms with Crippen molar-refractivity contribution in [1.29, 1.82) is 0 Å². The van der Waals surface area contributed by atoms with Crippen molar-refractivity contribution in [3.05, 3.63) is 23.7 Å². The van der Waals surface area contributed by atoms with Gasteiger partial charge in [0.1, 0.15) is 5.76 Å². The van der Waals surface area contributed by atoms with Crippen LogP contribution in [0.15, 0.2) is 16.7 Å². The third-order valence-corrected chi connectivity index (χ3v) is 4.16. The van der Waals surface area contributed by atoms with E-state index in [9.17, 15) is 9.59 Å². The standard InChI is InChI=1S/C16H25N3O3.ClH/c1-3-4-14(17)16(21)19-8-5-12(6-9-19)18-15(20)13-7-10-22-11(13)2;/h7,10,12,14H,3-6,8-9,17H2,1-2H3,(H,18,20);1H. The maximum absolute atomic E-state index is 12.1. The molecule has 1 fully saturated rings. The summed E-state index contributed by atoms with van der Waals surface area (Å²) in [7, 11) is 0. The highest BCUT2D eigenvalue weighted by Gasteiger charge is 2.27. The van der Waals surface area contributed by atoms with Crippen LogP contribution in [0.25, 0.3) is 0 Å².